The van der Waals surface area contributed by atoms with Crippen LogP contribution in [0.25, 0.3) is 5.57 Å². The molecule has 0 aliphatic carbocycles. The topological polar surface area (TPSA) is 108 Å². The van der Waals surface area contributed by atoms with E-state index in [9.17, 15) is 14.7 Å². The fraction of sp³-hybridized carbons (Fsp3) is 0.447. The number of fused-ring (bicyclic) bond motifs is 4. The van der Waals surface area contributed by atoms with E-state index in [2.05, 4.69) is 26.9 Å². The van der Waals surface area contributed by atoms with Gasteiger partial charge in [0, 0.05) is 71.2 Å². The van der Waals surface area contributed by atoms with Gasteiger partial charge < -0.3 is 25.8 Å². The lowest BCUT2D eigenvalue weighted by atomic mass is 9.82. The minimum absolute atomic E-state index is 0.197. The standard InChI is InChI=1S/C38H42N4O4/c39-14-7-15-40-37(43)25-12-13-26(38(44)45)29(22-25)32-30-20-23-8-1-3-16-41-18-5-10-27(33(23)41)35(30)46-36-28-11-6-19-42-17-4-2-9-24(34(28)42)21-31(32)36/h12-13,20-22H,1-11,14-19,39H2,(H-,40,43,44,45)/p+1. The third-order valence-corrected chi connectivity index (χ3v) is 10.6. The fourth-order valence-corrected chi connectivity index (χ4v) is 8.60. The zero-order valence-electron chi connectivity index (χ0n) is 26.6. The van der Waals surface area contributed by atoms with E-state index >= 15 is 0 Å². The van der Waals surface area contributed by atoms with E-state index in [0.29, 0.717) is 30.6 Å². The van der Waals surface area contributed by atoms with Crippen molar-refractivity contribution in [2.45, 2.75) is 70.6 Å². The number of benzene rings is 3. The number of nitrogens with zero attached hydrogens (tertiary/aromatic N) is 2. The number of carboxylic acids is 1. The number of hydrogen-bond acceptors (Lipinski definition) is 5. The molecule has 5 aliphatic heterocycles. The van der Waals surface area contributed by atoms with Crippen molar-refractivity contribution >= 4 is 23.1 Å². The molecule has 5 heterocycles. The van der Waals surface area contributed by atoms with Crippen LogP contribution in [0.3, 0.4) is 0 Å². The SMILES string of the molecule is NCCCNC(=O)c1ccc(C(=O)O)c(C2=c3cc4c5c(c3Oc3c2cc2c6c3CCCN6CCCC2)CCC[N+]=5CCCC4)c1. The van der Waals surface area contributed by atoms with Crippen LogP contribution >= 0.6 is 0 Å². The summed E-state index contributed by atoms with van der Waals surface area (Å²) in [4.78, 5) is 28.8. The summed E-state index contributed by atoms with van der Waals surface area (Å²) in [7, 11) is 0. The van der Waals surface area contributed by atoms with Gasteiger partial charge in [0.25, 0.3) is 5.91 Å². The second kappa shape index (κ2) is 11.9. The van der Waals surface area contributed by atoms with Gasteiger partial charge in [-0.1, -0.05) is 0 Å². The number of amides is 1. The first-order chi connectivity index (χ1) is 22.5. The third kappa shape index (κ3) is 4.80. The lowest BCUT2D eigenvalue weighted by molar-refractivity contribution is 0.0696. The van der Waals surface area contributed by atoms with Crippen LogP contribution in [0.4, 0.5) is 5.69 Å². The van der Waals surface area contributed by atoms with Gasteiger partial charge in [0.1, 0.15) is 24.6 Å². The summed E-state index contributed by atoms with van der Waals surface area (Å²) in [6, 6.07) is 9.60. The van der Waals surface area contributed by atoms with Gasteiger partial charge in [-0.2, -0.15) is 0 Å². The van der Waals surface area contributed by atoms with Gasteiger partial charge in [-0.05, 0) is 106 Å². The van der Waals surface area contributed by atoms with Crippen molar-refractivity contribution in [1.82, 2.24) is 9.89 Å². The quantitative estimate of drug-likeness (QED) is 0.225. The molecule has 0 aromatic heterocycles. The highest BCUT2D eigenvalue weighted by atomic mass is 16.5. The molecule has 0 radical (unpaired) electrons. The highest BCUT2D eigenvalue weighted by Gasteiger charge is 2.36. The van der Waals surface area contributed by atoms with Crippen molar-refractivity contribution in [3.05, 3.63) is 85.4 Å². The van der Waals surface area contributed by atoms with Gasteiger partial charge in [0.05, 0.1) is 11.1 Å². The van der Waals surface area contributed by atoms with E-state index in [1.54, 1.807) is 18.2 Å². The van der Waals surface area contributed by atoms with Crippen molar-refractivity contribution in [3.8, 4) is 11.5 Å². The van der Waals surface area contributed by atoms with E-state index in [-0.39, 0.29) is 11.5 Å². The van der Waals surface area contributed by atoms with Gasteiger partial charge >= 0.3 is 5.97 Å². The Morgan fingerprint density at radius 1 is 0.870 bits per heavy atom. The zero-order chi connectivity index (χ0) is 31.4. The van der Waals surface area contributed by atoms with Gasteiger partial charge in [0.2, 0.25) is 5.36 Å². The van der Waals surface area contributed by atoms with Crippen LogP contribution in [0.1, 0.15) is 99.0 Å². The Morgan fingerprint density at radius 3 is 2.54 bits per heavy atom. The fourth-order valence-electron chi connectivity index (χ4n) is 8.60. The van der Waals surface area contributed by atoms with E-state index in [0.717, 1.165) is 118 Å². The minimum Gasteiger partial charge on any atom is -0.478 e. The van der Waals surface area contributed by atoms with E-state index in [1.165, 1.54) is 33.3 Å². The second-order valence-corrected chi connectivity index (χ2v) is 13.5. The molecule has 3 aromatic rings. The number of nitrogens with one attached hydrogen (secondary N) is 1. The Bertz CT molecular complexity index is 1910. The maximum absolute atomic E-state index is 13.3. The van der Waals surface area contributed by atoms with Crippen molar-refractivity contribution in [2.24, 2.45) is 5.73 Å². The molecule has 0 unspecified atom stereocenters. The van der Waals surface area contributed by atoms with Crippen LogP contribution in [0.5, 0.6) is 11.5 Å². The minimum atomic E-state index is -1.00. The van der Waals surface area contributed by atoms with Crippen LogP contribution in [0.2, 0.25) is 0 Å². The summed E-state index contributed by atoms with van der Waals surface area (Å²) >= 11 is 0. The average molecular weight is 620 g/mol. The highest BCUT2D eigenvalue weighted by molar-refractivity contribution is 6.02. The lowest BCUT2D eigenvalue weighted by Crippen LogP contribution is -2.41. The van der Waals surface area contributed by atoms with E-state index in [1.807, 2.05) is 0 Å². The number of rotatable bonds is 6. The Morgan fingerprint density at radius 2 is 1.67 bits per heavy atom. The Kier molecular flexibility index (Phi) is 7.56. The van der Waals surface area contributed by atoms with Gasteiger partial charge in [-0.25, -0.2) is 9.37 Å². The van der Waals surface area contributed by atoms with Crippen molar-refractivity contribution in [2.75, 3.05) is 44.2 Å². The molecular formula is C38H43N4O4+. The van der Waals surface area contributed by atoms with Crippen LogP contribution in [-0.2, 0) is 25.7 Å². The molecule has 8 heteroatoms. The first-order valence-corrected chi connectivity index (χ1v) is 17.3. The summed E-state index contributed by atoms with van der Waals surface area (Å²) in [6.07, 6.45) is 11.2. The number of anilines is 1. The maximum Gasteiger partial charge on any atom is 0.336 e. The van der Waals surface area contributed by atoms with Gasteiger partial charge in [-0.15, -0.1) is 0 Å². The first-order valence-electron chi connectivity index (χ1n) is 17.3. The van der Waals surface area contributed by atoms with E-state index < -0.39 is 5.97 Å². The Hall–Kier alpha value is -4.17. The molecule has 4 N–H and O–H groups in total. The number of carbonyl (C=O) groups excluding carboxylic acids is 1. The molecule has 0 atom stereocenters. The third-order valence-electron chi connectivity index (χ3n) is 10.6. The van der Waals surface area contributed by atoms with Crippen molar-refractivity contribution in [3.63, 3.8) is 0 Å². The summed E-state index contributed by atoms with van der Waals surface area (Å²) in [6.45, 7) is 5.20. The second-order valence-electron chi connectivity index (χ2n) is 13.5. The largest absolute Gasteiger partial charge is 0.478 e. The predicted octanol–water partition coefficient (Wildman–Crippen LogP) is 3.68. The smallest absolute Gasteiger partial charge is 0.336 e. The van der Waals surface area contributed by atoms with Crippen LogP contribution in [0.15, 0.2) is 30.3 Å². The number of carbonyl (C=O) groups is 2. The molecule has 3 aromatic carbocycles. The molecular weight excluding hydrogens is 576 g/mol. The van der Waals surface area contributed by atoms with Crippen molar-refractivity contribution in [1.29, 1.82) is 0 Å². The average Bonchev–Trinajstić information content (AvgIpc) is 3.41. The molecule has 0 spiro atoms. The number of nitrogens with two attached hydrogens (primary N) is 1. The van der Waals surface area contributed by atoms with E-state index in [4.69, 9.17) is 10.5 Å². The van der Waals surface area contributed by atoms with Gasteiger partial charge in [-0.3, -0.25) is 4.79 Å². The van der Waals surface area contributed by atoms with Gasteiger partial charge in [0.15, 0.2) is 0 Å². The maximum atomic E-state index is 13.3. The number of ether oxygens (including phenoxy) is 1. The Labute approximate surface area is 269 Å². The summed E-state index contributed by atoms with van der Waals surface area (Å²) in [5, 5.41) is 15.8. The molecule has 0 bridgehead atoms. The molecule has 0 saturated heterocycles. The first kappa shape index (κ1) is 29.2. The molecule has 0 fully saturated rings. The molecule has 8 rings (SSSR count). The number of aromatic carboxylic acids is 1. The molecule has 1 amide bonds. The molecule has 238 valence electrons. The lowest BCUT2D eigenvalue weighted by Gasteiger charge is -2.35. The number of hydrogen-bond donors (Lipinski definition) is 3. The molecule has 46 heavy (non-hydrogen) atoms. The Balaban J connectivity index is 1.47. The van der Waals surface area contributed by atoms with Crippen LogP contribution in [-0.4, -0.2) is 56.3 Å². The summed E-state index contributed by atoms with van der Waals surface area (Å²) < 4.78 is 9.74. The number of aryl methyl sites for hydroxylation is 2. The van der Waals surface area contributed by atoms with Crippen LogP contribution in [0, 0.1) is 0 Å². The molecule has 8 nitrogen and oxygen atoms in total. The number of carboxylic acid groups (broad SMARTS) is 1. The molecule has 0 saturated carbocycles. The van der Waals surface area contributed by atoms with Crippen LogP contribution < -0.4 is 35.8 Å². The summed E-state index contributed by atoms with van der Waals surface area (Å²) in [5.41, 5.74) is 15.2. The zero-order valence-corrected chi connectivity index (χ0v) is 26.6. The molecule has 5 aliphatic rings. The monoisotopic (exact) mass is 619 g/mol. The summed E-state index contributed by atoms with van der Waals surface area (Å²) in [5.74, 6) is 0.532. The normalized spacial score (nSPS) is 17.9. The predicted molar refractivity (Wildman–Crippen MR) is 179 cm³/mol. The van der Waals surface area contributed by atoms with Crippen molar-refractivity contribution < 1.29 is 19.4 Å². The highest BCUT2D eigenvalue weighted by Crippen LogP contribution is 2.48.